The molecule has 19 heavy (non-hydrogen) atoms. The van der Waals surface area contributed by atoms with Gasteiger partial charge in [-0.25, -0.2) is 0 Å². The second-order valence-electron chi connectivity index (χ2n) is 5.23. The normalized spacial score (nSPS) is 11.0. The maximum Gasteiger partial charge on any atom is 0.0597 e. The van der Waals surface area contributed by atoms with Gasteiger partial charge in [0.25, 0.3) is 0 Å². The van der Waals surface area contributed by atoms with E-state index in [4.69, 9.17) is 0 Å². The molecule has 0 spiro atoms. The van der Waals surface area contributed by atoms with Crippen molar-refractivity contribution in [3.8, 4) is 0 Å². The van der Waals surface area contributed by atoms with E-state index in [1.807, 2.05) is 6.92 Å². The fourth-order valence-corrected chi connectivity index (χ4v) is 2.22. The van der Waals surface area contributed by atoms with Crippen molar-refractivity contribution in [1.29, 1.82) is 0 Å². The molecule has 2 aromatic rings. The third kappa shape index (κ3) is 3.37. The summed E-state index contributed by atoms with van der Waals surface area (Å²) in [6.45, 7) is 10.3. The van der Waals surface area contributed by atoms with Crippen LogP contribution in [0.2, 0.25) is 0 Å². The molecule has 0 amide bonds. The van der Waals surface area contributed by atoms with E-state index in [0.717, 1.165) is 18.8 Å². The van der Waals surface area contributed by atoms with Gasteiger partial charge in [0.2, 0.25) is 0 Å². The molecule has 3 heteroatoms. The molecule has 0 fully saturated rings. The molecule has 3 nitrogen and oxygen atoms in total. The summed E-state index contributed by atoms with van der Waals surface area (Å²) in [5.74, 6) is 0.560. The maximum absolute atomic E-state index is 4.46. The van der Waals surface area contributed by atoms with E-state index in [0.29, 0.717) is 5.92 Å². The number of rotatable bonds is 5. The first-order valence-electron chi connectivity index (χ1n) is 6.97. The van der Waals surface area contributed by atoms with Crippen LogP contribution in [0.5, 0.6) is 0 Å². The summed E-state index contributed by atoms with van der Waals surface area (Å²) >= 11 is 0. The van der Waals surface area contributed by atoms with Gasteiger partial charge in [-0.15, -0.1) is 0 Å². The second kappa shape index (κ2) is 5.91. The first kappa shape index (κ1) is 13.7. The zero-order chi connectivity index (χ0) is 13.8. The Hall–Kier alpha value is -1.77. The lowest BCUT2D eigenvalue weighted by Crippen LogP contribution is -2.08. The number of hydrogen-bond donors (Lipinski definition) is 1. The smallest absolute Gasteiger partial charge is 0.0597 e. The Morgan fingerprint density at radius 2 is 2.05 bits per heavy atom. The van der Waals surface area contributed by atoms with Crippen LogP contribution in [0.1, 0.15) is 43.6 Å². The molecule has 0 aliphatic heterocycles. The molecule has 1 N–H and O–H groups in total. The van der Waals surface area contributed by atoms with Gasteiger partial charge in [-0.2, -0.15) is 5.10 Å². The first-order valence-corrected chi connectivity index (χ1v) is 6.97. The van der Waals surface area contributed by atoms with Gasteiger partial charge in [0.05, 0.1) is 17.9 Å². The lowest BCUT2D eigenvalue weighted by Gasteiger charge is -2.11. The molecular weight excluding hydrogens is 234 g/mol. The van der Waals surface area contributed by atoms with Crippen LogP contribution in [-0.2, 0) is 13.1 Å². The fraction of sp³-hybridized carbons (Fsp3) is 0.438. The van der Waals surface area contributed by atoms with Crippen molar-refractivity contribution in [2.75, 3.05) is 5.32 Å². The van der Waals surface area contributed by atoms with Crippen LogP contribution in [0, 0.1) is 6.92 Å². The molecule has 0 aliphatic carbocycles. The molecule has 102 valence electrons. The summed E-state index contributed by atoms with van der Waals surface area (Å²) < 4.78 is 2.05. The predicted octanol–water partition coefficient (Wildman–Crippen LogP) is 3.95. The first-order chi connectivity index (χ1) is 9.10. The minimum Gasteiger partial charge on any atom is -0.379 e. The van der Waals surface area contributed by atoms with Gasteiger partial charge in [0.1, 0.15) is 0 Å². The summed E-state index contributed by atoms with van der Waals surface area (Å²) in [6, 6.07) is 10.8. The molecular formula is C16H23N3. The van der Waals surface area contributed by atoms with Crippen LogP contribution in [0.4, 0.5) is 5.69 Å². The van der Waals surface area contributed by atoms with Crippen molar-refractivity contribution in [2.45, 2.75) is 46.7 Å². The Bertz CT molecular complexity index is 541. The largest absolute Gasteiger partial charge is 0.379 e. The monoisotopic (exact) mass is 257 g/mol. The van der Waals surface area contributed by atoms with E-state index >= 15 is 0 Å². The van der Waals surface area contributed by atoms with Gasteiger partial charge in [-0.3, -0.25) is 4.68 Å². The van der Waals surface area contributed by atoms with E-state index in [1.54, 1.807) is 0 Å². The highest BCUT2D eigenvalue weighted by molar-refractivity contribution is 5.46. The molecule has 0 bridgehead atoms. The van der Waals surface area contributed by atoms with Gasteiger partial charge >= 0.3 is 0 Å². The highest BCUT2D eigenvalue weighted by atomic mass is 15.3. The van der Waals surface area contributed by atoms with E-state index in [9.17, 15) is 0 Å². The molecule has 0 aliphatic rings. The van der Waals surface area contributed by atoms with Crippen molar-refractivity contribution in [2.24, 2.45) is 0 Å². The average Bonchev–Trinajstić information content (AvgIpc) is 2.77. The molecule has 0 atom stereocenters. The average molecular weight is 257 g/mol. The Kier molecular flexibility index (Phi) is 4.25. The number of anilines is 1. The van der Waals surface area contributed by atoms with Crippen molar-refractivity contribution in [3.05, 3.63) is 47.3 Å². The number of aryl methyl sites for hydroxylation is 2. The van der Waals surface area contributed by atoms with Crippen LogP contribution in [-0.4, -0.2) is 9.78 Å². The molecule has 0 radical (unpaired) electrons. The van der Waals surface area contributed by atoms with Crippen molar-refractivity contribution < 1.29 is 0 Å². The Morgan fingerprint density at radius 1 is 1.26 bits per heavy atom. The zero-order valence-electron chi connectivity index (χ0n) is 12.3. The molecule has 1 aromatic heterocycles. The van der Waals surface area contributed by atoms with Gasteiger partial charge < -0.3 is 5.32 Å². The van der Waals surface area contributed by atoms with E-state index in [2.05, 4.69) is 66.2 Å². The van der Waals surface area contributed by atoms with Crippen molar-refractivity contribution in [1.82, 2.24) is 9.78 Å². The van der Waals surface area contributed by atoms with Crippen LogP contribution in [0.3, 0.4) is 0 Å². The molecule has 0 unspecified atom stereocenters. The lowest BCUT2D eigenvalue weighted by molar-refractivity contribution is 0.623. The maximum atomic E-state index is 4.46. The second-order valence-corrected chi connectivity index (χ2v) is 5.23. The van der Waals surface area contributed by atoms with Gasteiger partial charge in [-0.1, -0.05) is 26.0 Å². The molecule has 0 saturated heterocycles. The minimum absolute atomic E-state index is 0.560. The van der Waals surface area contributed by atoms with Gasteiger partial charge in [0, 0.05) is 12.2 Å². The minimum atomic E-state index is 0.560. The Balaban J connectivity index is 2.07. The number of benzene rings is 1. The van der Waals surface area contributed by atoms with Gasteiger partial charge in [0.15, 0.2) is 0 Å². The van der Waals surface area contributed by atoms with Gasteiger partial charge in [-0.05, 0) is 43.5 Å². The molecule has 2 rings (SSSR count). The number of nitrogens with zero attached hydrogens (tertiary/aromatic N) is 2. The SMILES string of the molecule is CCn1nc(C)cc1CNc1cccc(C(C)C)c1. The van der Waals surface area contributed by atoms with Crippen LogP contribution in [0.25, 0.3) is 0 Å². The van der Waals surface area contributed by atoms with Crippen molar-refractivity contribution in [3.63, 3.8) is 0 Å². The standard InChI is InChI=1S/C16H23N3/c1-5-19-16(9-13(4)18-19)11-17-15-8-6-7-14(10-15)12(2)3/h6-10,12,17H,5,11H2,1-4H3. The van der Waals surface area contributed by atoms with E-state index in [-0.39, 0.29) is 0 Å². The Labute approximate surface area is 115 Å². The van der Waals surface area contributed by atoms with Crippen LogP contribution in [0.15, 0.2) is 30.3 Å². The van der Waals surface area contributed by atoms with E-state index in [1.165, 1.54) is 16.9 Å². The Morgan fingerprint density at radius 3 is 2.74 bits per heavy atom. The van der Waals surface area contributed by atoms with Crippen LogP contribution >= 0.6 is 0 Å². The topological polar surface area (TPSA) is 29.9 Å². The zero-order valence-corrected chi connectivity index (χ0v) is 12.3. The number of hydrogen-bond acceptors (Lipinski definition) is 2. The third-order valence-corrected chi connectivity index (χ3v) is 3.31. The van der Waals surface area contributed by atoms with E-state index < -0.39 is 0 Å². The number of aromatic nitrogens is 2. The van der Waals surface area contributed by atoms with Crippen molar-refractivity contribution >= 4 is 5.69 Å². The predicted molar refractivity (Wildman–Crippen MR) is 80.5 cm³/mol. The highest BCUT2D eigenvalue weighted by Gasteiger charge is 2.04. The summed E-state index contributed by atoms with van der Waals surface area (Å²) in [4.78, 5) is 0. The highest BCUT2D eigenvalue weighted by Crippen LogP contribution is 2.19. The summed E-state index contributed by atoms with van der Waals surface area (Å²) in [5, 5.41) is 7.95. The summed E-state index contributed by atoms with van der Waals surface area (Å²) in [7, 11) is 0. The lowest BCUT2D eigenvalue weighted by atomic mass is 10.0. The fourth-order valence-electron chi connectivity index (χ4n) is 2.22. The number of nitrogens with one attached hydrogen (secondary N) is 1. The third-order valence-electron chi connectivity index (χ3n) is 3.31. The molecule has 1 aromatic carbocycles. The molecule has 0 saturated carbocycles. The quantitative estimate of drug-likeness (QED) is 0.879. The van der Waals surface area contributed by atoms with Crippen LogP contribution < -0.4 is 5.32 Å². The molecule has 1 heterocycles. The summed E-state index contributed by atoms with van der Waals surface area (Å²) in [5.41, 5.74) is 4.85. The summed E-state index contributed by atoms with van der Waals surface area (Å²) in [6.07, 6.45) is 0.